The van der Waals surface area contributed by atoms with E-state index in [0.717, 1.165) is 25.1 Å². The summed E-state index contributed by atoms with van der Waals surface area (Å²) < 4.78 is 31.1. The first-order chi connectivity index (χ1) is 12.6. The molecule has 0 aromatic carbocycles. The number of piperazine rings is 1. The van der Waals surface area contributed by atoms with E-state index in [4.69, 9.17) is 4.74 Å². The topological polar surface area (TPSA) is 103 Å². The fraction of sp³-hybridized carbons (Fsp3) is 0.882. The standard InChI is InChI=1S/C17H33N5O4S.HI/c1-5-18-16(19-13-17(2,3)20-27(4,24)25)22-10-8-21(9-11-22)15(23)14-7-6-12-26-14;/h14,20H,5-13H2,1-4H3,(H,18,19);1H. The fourth-order valence-electron chi connectivity index (χ4n) is 3.35. The number of carbonyl (C=O) groups excluding carboxylic acids is 1. The molecule has 1 unspecified atom stereocenters. The monoisotopic (exact) mass is 531 g/mol. The van der Waals surface area contributed by atoms with E-state index < -0.39 is 15.6 Å². The minimum absolute atomic E-state index is 0. The molecule has 0 aromatic rings. The molecule has 2 heterocycles. The van der Waals surface area contributed by atoms with Crippen LogP contribution in [0.3, 0.4) is 0 Å². The summed E-state index contributed by atoms with van der Waals surface area (Å²) in [6.45, 7) is 9.94. The first-order valence-corrected chi connectivity index (χ1v) is 11.4. The molecule has 0 aliphatic carbocycles. The van der Waals surface area contributed by atoms with Crippen molar-refractivity contribution in [3.05, 3.63) is 0 Å². The number of sulfonamides is 1. The Morgan fingerprint density at radius 2 is 1.82 bits per heavy atom. The molecule has 2 aliphatic heterocycles. The molecule has 0 aromatic heterocycles. The minimum atomic E-state index is -3.30. The van der Waals surface area contributed by atoms with Crippen molar-refractivity contribution in [1.29, 1.82) is 0 Å². The van der Waals surface area contributed by atoms with Crippen LogP contribution in [0.5, 0.6) is 0 Å². The zero-order chi connectivity index (χ0) is 20.1. The maximum Gasteiger partial charge on any atom is 0.251 e. The zero-order valence-electron chi connectivity index (χ0n) is 17.2. The maximum absolute atomic E-state index is 12.5. The maximum atomic E-state index is 12.5. The molecule has 164 valence electrons. The highest BCUT2D eigenvalue weighted by Gasteiger charge is 2.31. The Hall–Kier alpha value is -0.660. The Balaban J connectivity index is 0.00000392. The highest BCUT2D eigenvalue weighted by molar-refractivity contribution is 14.0. The number of hydrogen-bond acceptors (Lipinski definition) is 5. The van der Waals surface area contributed by atoms with Gasteiger partial charge in [-0.15, -0.1) is 24.0 Å². The van der Waals surface area contributed by atoms with Gasteiger partial charge in [0.05, 0.1) is 12.8 Å². The van der Waals surface area contributed by atoms with Gasteiger partial charge in [0.1, 0.15) is 6.10 Å². The van der Waals surface area contributed by atoms with Crippen LogP contribution in [-0.2, 0) is 19.6 Å². The molecule has 1 amide bonds. The lowest BCUT2D eigenvalue weighted by Gasteiger charge is -2.37. The lowest BCUT2D eigenvalue weighted by Crippen LogP contribution is -2.55. The predicted octanol–water partition coefficient (Wildman–Crippen LogP) is 0.221. The second-order valence-corrected chi connectivity index (χ2v) is 9.49. The summed E-state index contributed by atoms with van der Waals surface area (Å²) in [7, 11) is -3.30. The Morgan fingerprint density at radius 1 is 1.21 bits per heavy atom. The molecule has 0 bridgehead atoms. The average Bonchev–Trinajstić information content (AvgIpc) is 3.10. The molecule has 2 rings (SSSR count). The number of hydrogen-bond donors (Lipinski definition) is 2. The molecule has 0 saturated carbocycles. The molecule has 11 heteroatoms. The van der Waals surface area contributed by atoms with Gasteiger partial charge in [0.25, 0.3) is 5.91 Å². The van der Waals surface area contributed by atoms with Crippen LogP contribution in [0.25, 0.3) is 0 Å². The zero-order valence-corrected chi connectivity index (χ0v) is 20.4. The number of halogens is 1. The van der Waals surface area contributed by atoms with Crippen LogP contribution in [0.2, 0.25) is 0 Å². The van der Waals surface area contributed by atoms with Crippen molar-refractivity contribution in [2.75, 3.05) is 52.1 Å². The van der Waals surface area contributed by atoms with Gasteiger partial charge in [-0.1, -0.05) is 0 Å². The van der Waals surface area contributed by atoms with Crippen LogP contribution in [0.4, 0.5) is 0 Å². The molecule has 28 heavy (non-hydrogen) atoms. The molecule has 0 spiro atoms. The van der Waals surface area contributed by atoms with Crippen LogP contribution in [0.1, 0.15) is 33.6 Å². The van der Waals surface area contributed by atoms with Gasteiger partial charge in [0.2, 0.25) is 10.0 Å². The average molecular weight is 531 g/mol. The number of rotatable bonds is 6. The van der Waals surface area contributed by atoms with E-state index in [2.05, 4.69) is 19.9 Å². The van der Waals surface area contributed by atoms with Gasteiger partial charge in [-0.2, -0.15) is 0 Å². The van der Waals surface area contributed by atoms with E-state index in [1.807, 2.05) is 11.8 Å². The highest BCUT2D eigenvalue weighted by atomic mass is 127. The Bertz CT molecular complexity index is 642. The molecule has 9 nitrogen and oxygen atoms in total. The molecular formula is C17H34IN5O4S. The molecular weight excluding hydrogens is 497 g/mol. The Morgan fingerprint density at radius 3 is 2.32 bits per heavy atom. The highest BCUT2D eigenvalue weighted by Crippen LogP contribution is 2.16. The largest absolute Gasteiger partial charge is 0.368 e. The second kappa shape index (κ2) is 10.9. The van der Waals surface area contributed by atoms with Gasteiger partial charge in [-0.25, -0.2) is 13.1 Å². The van der Waals surface area contributed by atoms with Crippen molar-refractivity contribution in [2.45, 2.75) is 45.3 Å². The SMILES string of the molecule is CCNC(=NCC(C)(C)NS(C)(=O)=O)N1CCN(C(=O)C2CCCO2)CC1.I. The number of nitrogens with zero attached hydrogens (tertiary/aromatic N) is 3. The molecule has 2 N–H and O–H groups in total. The van der Waals surface area contributed by atoms with Crippen LogP contribution in [-0.4, -0.2) is 93.9 Å². The van der Waals surface area contributed by atoms with Gasteiger partial charge in [-0.05, 0) is 33.6 Å². The van der Waals surface area contributed by atoms with E-state index >= 15 is 0 Å². The third-order valence-corrected chi connectivity index (χ3v) is 5.44. The summed E-state index contributed by atoms with van der Waals surface area (Å²) in [5, 5.41) is 3.26. The number of carbonyl (C=O) groups is 1. The third-order valence-electron chi connectivity index (χ3n) is 4.52. The van der Waals surface area contributed by atoms with Crippen LogP contribution < -0.4 is 10.0 Å². The van der Waals surface area contributed by atoms with Gasteiger partial charge in [-0.3, -0.25) is 9.79 Å². The van der Waals surface area contributed by atoms with Crippen molar-refractivity contribution in [1.82, 2.24) is 19.8 Å². The number of ether oxygens (including phenoxy) is 1. The normalized spacial score (nSPS) is 21.4. The molecule has 1 atom stereocenters. The third kappa shape index (κ3) is 7.99. The summed E-state index contributed by atoms with van der Waals surface area (Å²) in [6, 6.07) is 0. The lowest BCUT2D eigenvalue weighted by molar-refractivity contribution is -0.142. The number of guanidine groups is 1. The molecule has 2 fully saturated rings. The van der Waals surface area contributed by atoms with E-state index in [-0.39, 0.29) is 36.0 Å². The van der Waals surface area contributed by atoms with Gasteiger partial charge < -0.3 is 19.9 Å². The van der Waals surface area contributed by atoms with Crippen LogP contribution in [0, 0.1) is 0 Å². The van der Waals surface area contributed by atoms with E-state index in [0.29, 0.717) is 45.9 Å². The van der Waals surface area contributed by atoms with Crippen molar-refractivity contribution < 1.29 is 17.9 Å². The number of aliphatic imine (C=N–C) groups is 1. The van der Waals surface area contributed by atoms with Crippen molar-refractivity contribution in [3.8, 4) is 0 Å². The first kappa shape index (κ1) is 25.4. The Labute approximate surface area is 185 Å². The molecule has 0 radical (unpaired) electrons. The Kier molecular flexibility index (Phi) is 9.90. The van der Waals surface area contributed by atoms with E-state index in [9.17, 15) is 13.2 Å². The van der Waals surface area contributed by atoms with E-state index in [1.165, 1.54) is 0 Å². The smallest absolute Gasteiger partial charge is 0.251 e. The fourth-order valence-corrected chi connectivity index (χ4v) is 4.42. The predicted molar refractivity (Wildman–Crippen MR) is 121 cm³/mol. The van der Waals surface area contributed by atoms with Gasteiger partial charge >= 0.3 is 0 Å². The van der Waals surface area contributed by atoms with Gasteiger partial charge in [0, 0.05) is 44.9 Å². The van der Waals surface area contributed by atoms with Crippen molar-refractivity contribution in [3.63, 3.8) is 0 Å². The van der Waals surface area contributed by atoms with E-state index in [1.54, 1.807) is 13.8 Å². The van der Waals surface area contributed by atoms with Crippen LogP contribution in [0.15, 0.2) is 4.99 Å². The summed E-state index contributed by atoms with van der Waals surface area (Å²) in [4.78, 5) is 21.1. The molecule has 2 aliphatic rings. The molecule has 2 saturated heterocycles. The second-order valence-electron chi connectivity index (χ2n) is 7.74. The van der Waals surface area contributed by atoms with Crippen molar-refractivity contribution in [2.24, 2.45) is 4.99 Å². The van der Waals surface area contributed by atoms with Crippen LogP contribution >= 0.6 is 24.0 Å². The minimum Gasteiger partial charge on any atom is -0.368 e. The summed E-state index contributed by atoms with van der Waals surface area (Å²) >= 11 is 0. The summed E-state index contributed by atoms with van der Waals surface area (Å²) in [6.07, 6.45) is 2.63. The van der Waals surface area contributed by atoms with Gasteiger partial charge in [0.15, 0.2) is 5.96 Å². The summed E-state index contributed by atoms with van der Waals surface area (Å²) in [5.41, 5.74) is -0.675. The lowest BCUT2D eigenvalue weighted by atomic mass is 10.1. The quantitative estimate of drug-likeness (QED) is 0.289. The number of nitrogens with one attached hydrogen (secondary N) is 2. The summed E-state index contributed by atoms with van der Waals surface area (Å²) in [5.74, 6) is 0.831. The number of amides is 1. The van der Waals surface area contributed by atoms with Crippen molar-refractivity contribution >= 4 is 45.9 Å². The first-order valence-electron chi connectivity index (χ1n) is 9.54.